The van der Waals surface area contributed by atoms with Crippen LogP contribution < -0.4 is 11.3 Å². The topological polar surface area (TPSA) is 47.3 Å². The van der Waals surface area contributed by atoms with Gasteiger partial charge in [-0.1, -0.05) is 40.5 Å². The first-order valence-corrected chi connectivity index (χ1v) is 7.68. The smallest absolute Gasteiger partial charge is 0.0820 e. The molecule has 1 aromatic rings. The van der Waals surface area contributed by atoms with Crippen LogP contribution in [0.1, 0.15) is 32.8 Å². The number of ether oxygens (including phenoxy) is 1. The van der Waals surface area contributed by atoms with Crippen LogP contribution >= 0.6 is 27.5 Å². The number of nitrogens with one attached hydrogen (secondary N) is 1. The highest BCUT2D eigenvalue weighted by Gasteiger charge is 2.33. The fourth-order valence-corrected chi connectivity index (χ4v) is 2.89. The molecular formula is C14H22BrClN2O. The Morgan fingerprint density at radius 3 is 2.63 bits per heavy atom. The van der Waals surface area contributed by atoms with Crippen molar-refractivity contribution in [3.8, 4) is 0 Å². The van der Waals surface area contributed by atoms with Crippen molar-refractivity contribution in [1.29, 1.82) is 0 Å². The molecule has 5 heteroatoms. The molecule has 0 bridgehead atoms. The van der Waals surface area contributed by atoms with E-state index < -0.39 is 0 Å². The summed E-state index contributed by atoms with van der Waals surface area (Å²) in [5.41, 5.74) is 3.63. The summed E-state index contributed by atoms with van der Waals surface area (Å²) in [6, 6.07) is 5.91. The van der Waals surface area contributed by atoms with E-state index in [9.17, 15) is 0 Å². The molecule has 1 rings (SSSR count). The van der Waals surface area contributed by atoms with Gasteiger partial charge in [0.25, 0.3) is 0 Å². The Balaban J connectivity index is 2.92. The monoisotopic (exact) mass is 348 g/mol. The number of hydrogen-bond acceptors (Lipinski definition) is 3. The van der Waals surface area contributed by atoms with Gasteiger partial charge in [0, 0.05) is 16.1 Å². The van der Waals surface area contributed by atoms with Crippen LogP contribution in [-0.2, 0) is 11.2 Å². The number of benzene rings is 1. The lowest BCUT2D eigenvalue weighted by molar-refractivity contribution is -0.0550. The fourth-order valence-electron chi connectivity index (χ4n) is 2.14. The van der Waals surface area contributed by atoms with Crippen LogP contribution in [0.25, 0.3) is 0 Å². The predicted octanol–water partition coefficient (Wildman–Crippen LogP) is 3.68. The number of rotatable bonds is 7. The predicted molar refractivity (Wildman–Crippen MR) is 84.3 cm³/mol. The van der Waals surface area contributed by atoms with Crippen LogP contribution in [0.2, 0.25) is 5.02 Å². The third-order valence-electron chi connectivity index (χ3n) is 3.55. The summed E-state index contributed by atoms with van der Waals surface area (Å²) in [6.45, 7) is 6.83. The van der Waals surface area contributed by atoms with E-state index in [1.165, 1.54) is 0 Å². The van der Waals surface area contributed by atoms with Crippen LogP contribution in [0.4, 0.5) is 0 Å². The lowest BCUT2D eigenvalue weighted by Gasteiger charge is -2.36. The molecule has 19 heavy (non-hydrogen) atoms. The molecule has 0 radical (unpaired) electrons. The summed E-state index contributed by atoms with van der Waals surface area (Å²) in [7, 11) is 0. The zero-order valence-electron chi connectivity index (χ0n) is 11.7. The number of halogens is 2. The van der Waals surface area contributed by atoms with Crippen molar-refractivity contribution in [3.05, 3.63) is 33.3 Å². The van der Waals surface area contributed by atoms with Gasteiger partial charge in [-0.3, -0.25) is 11.3 Å². The van der Waals surface area contributed by atoms with Crippen LogP contribution in [0.5, 0.6) is 0 Å². The molecule has 108 valence electrons. The summed E-state index contributed by atoms with van der Waals surface area (Å²) in [5, 5.41) is 0.740. The zero-order valence-corrected chi connectivity index (χ0v) is 14.0. The molecule has 2 unspecified atom stereocenters. The van der Waals surface area contributed by atoms with E-state index in [-0.39, 0.29) is 11.6 Å². The Morgan fingerprint density at radius 1 is 1.47 bits per heavy atom. The maximum atomic E-state index is 6.26. The third-order valence-corrected chi connectivity index (χ3v) is 4.40. The highest BCUT2D eigenvalue weighted by Crippen LogP contribution is 2.27. The molecule has 0 aromatic heterocycles. The normalized spacial score (nSPS) is 16.1. The second kappa shape index (κ2) is 7.60. The summed E-state index contributed by atoms with van der Waals surface area (Å²) in [6.07, 6.45) is 1.61. The Hall–Kier alpha value is -0.130. The summed E-state index contributed by atoms with van der Waals surface area (Å²) in [5.74, 6) is 5.71. The second-order valence-corrected chi connectivity index (χ2v) is 6.08. The largest absolute Gasteiger partial charge is 0.374 e. The average molecular weight is 350 g/mol. The standard InChI is InChI=1S/C14H22BrClN2O/c1-4-14(3,19-5-2)13(18-17)8-10-6-7-11(15)9-12(10)16/h6-7,9,13,18H,4-5,8,17H2,1-3H3. The van der Waals surface area contributed by atoms with Crippen LogP contribution in [0.3, 0.4) is 0 Å². The van der Waals surface area contributed by atoms with Crippen LogP contribution in [0.15, 0.2) is 22.7 Å². The van der Waals surface area contributed by atoms with Gasteiger partial charge in [-0.05, 0) is 44.4 Å². The van der Waals surface area contributed by atoms with Crippen molar-refractivity contribution in [3.63, 3.8) is 0 Å². The molecule has 0 aliphatic heterocycles. The number of nitrogens with two attached hydrogens (primary N) is 1. The zero-order chi connectivity index (χ0) is 14.5. The van der Waals surface area contributed by atoms with Crippen molar-refractivity contribution in [2.24, 2.45) is 5.84 Å². The van der Waals surface area contributed by atoms with Gasteiger partial charge >= 0.3 is 0 Å². The Bertz CT molecular complexity index is 416. The summed E-state index contributed by atoms with van der Waals surface area (Å²) < 4.78 is 6.85. The first-order valence-electron chi connectivity index (χ1n) is 6.50. The molecule has 0 spiro atoms. The highest BCUT2D eigenvalue weighted by atomic mass is 79.9. The van der Waals surface area contributed by atoms with E-state index in [1.54, 1.807) is 0 Å². The van der Waals surface area contributed by atoms with Gasteiger partial charge in [-0.2, -0.15) is 0 Å². The van der Waals surface area contributed by atoms with E-state index >= 15 is 0 Å². The third kappa shape index (κ3) is 4.43. The van der Waals surface area contributed by atoms with E-state index in [1.807, 2.05) is 25.1 Å². The molecule has 0 aliphatic rings. The van der Waals surface area contributed by atoms with Crippen molar-refractivity contribution in [2.45, 2.75) is 45.3 Å². The average Bonchev–Trinajstić information content (AvgIpc) is 2.38. The molecule has 3 nitrogen and oxygen atoms in total. The molecule has 3 N–H and O–H groups in total. The van der Waals surface area contributed by atoms with Crippen molar-refractivity contribution in [2.75, 3.05) is 6.61 Å². The Kier molecular flexibility index (Phi) is 6.77. The molecule has 0 aliphatic carbocycles. The summed E-state index contributed by atoms with van der Waals surface area (Å²) >= 11 is 9.67. The van der Waals surface area contributed by atoms with E-state index in [0.717, 1.165) is 27.9 Å². The number of hydrogen-bond donors (Lipinski definition) is 2. The van der Waals surface area contributed by atoms with Gasteiger partial charge in [0.05, 0.1) is 11.6 Å². The van der Waals surface area contributed by atoms with Crippen molar-refractivity contribution in [1.82, 2.24) is 5.43 Å². The van der Waals surface area contributed by atoms with Crippen molar-refractivity contribution < 1.29 is 4.74 Å². The lowest BCUT2D eigenvalue weighted by atomic mass is 9.88. The Morgan fingerprint density at radius 2 is 2.16 bits per heavy atom. The van der Waals surface area contributed by atoms with Crippen LogP contribution in [-0.4, -0.2) is 18.2 Å². The van der Waals surface area contributed by atoms with E-state index in [4.69, 9.17) is 22.2 Å². The first kappa shape index (κ1) is 16.9. The highest BCUT2D eigenvalue weighted by molar-refractivity contribution is 9.10. The molecule has 0 fully saturated rings. The van der Waals surface area contributed by atoms with Gasteiger partial charge in [0.1, 0.15) is 0 Å². The molecule has 0 saturated heterocycles. The van der Waals surface area contributed by atoms with Gasteiger partial charge in [-0.25, -0.2) is 0 Å². The van der Waals surface area contributed by atoms with E-state index in [0.29, 0.717) is 6.61 Å². The minimum absolute atomic E-state index is 0.0103. The quantitative estimate of drug-likeness (QED) is 0.583. The van der Waals surface area contributed by atoms with Crippen LogP contribution in [0, 0.1) is 0 Å². The molecular weight excluding hydrogens is 328 g/mol. The van der Waals surface area contributed by atoms with Gasteiger partial charge in [-0.15, -0.1) is 0 Å². The minimum Gasteiger partial charge on any atom is -0.374 e. The SMILES string of the molecule is CCOC(C)(CC)C(Cc1ccc(Br)cc1Cl)NN. The summed E-state index contributed by atoms with van der Waals surface area (Å²) in [4.78, 5) is 0. The Labute approximate surface area is 128 Å². The van der Waals surface area contributed by atoms with Crippen molar-refractivity contribution >= 4 is 27.5 Å². The number of hydrazine groups is 1. The van der Waals surface area contributed by atoms with Gasteiger partial charge in [0.15, 0.2) is 0 Å². The van der Waals surface area contributed by atoms with Gasteiger partial charge < -0.3 is 4.74 Å². The minimum atomic E-state index is -0.306. The maximum Gasteiger partial charge on any atom is 0.0820 e. The molecule has 0 saturated carbocycles. The fraction of sp³-hybridized carbons (Fsp3) is 0.571. The molecule has 0 amide bonds. The van der Waals surface area contributed by atoms with Gasteiger partial charge in [0.2, 0.25) is 0 Å². The maximum absolute atomic E-state index is 6.26. The molecule has 0 heterocycles. The molecule has 2 atom stereocenters. The lowest BCUT2D eigenvalue weighted by Crippen LogP contribution is -2.54. The van der Waals surface area contributed by atoms with E-state index in [2.05, 4.69) is 35.2 Å². The molecule has 1 aromatic carbocycles. The second-order valence-electron chi connectivity index (χ2n) is 4.76. The first-order chi connectivity index (χ1) is 8.96.